The lowest BCUT2D eigenvalue weighted by atomic mass is 10.0. The fourth-order valence-electron chi connectivity index (χ4n) is 2.77. The Morgan fingerprint density at radius 1 is 1.17 bits per heavy atom. The Labute approximate surface area is 146 Å². The van der Waals surface area contributed by atoms with Gasteiger partial charge in [0, 0.05) is 4.75 Å². The van der Waals surface area contributed by atoms with Crippen LogP contribution in [-0.4, -0.2) is 21.9 Å². The summed E-state index contributed by atoms with van der Waals surface area (Å²) in [5.74, 6) is -0.00235. The molecular formula is C19H21NO3S. The zero-order valence-corrected chi connectivity index (χ0v) is 14.5. The van der Waals surface area contributed by atoms with Gasteiger partial charge in [0.25, 0.3) is 0 Å². The van der Waals surface area contributed by atoms with Crippen LogP contribution < -0.4 is 10.1 Å². The maximum Gasteiger partial charge on any atom is 0.322 e. The molecule has 0 aromatic heterocycles. The molecule has 0 aliphatic carbocycles. The fourth-order valence-corrected chi connectivity index (χ4v) is 4.18. The SMILES string of the molecule is CC1(C)SC(c2ccc(OCc3ccccc3)cc2)NC1C(=O)O. The van der Waals surface area contributed by atoms with Gasteiger partial charge >= 0.3 is 5.97 Å². The van der Waals surface area contributed by atoms with E-state index in [4.69, 9.17) is 4.74 Å². The smallest absolute Gasteiger partial charge is 0.322 e. The van der Waals surface area contributed by atoms with Crippen LogP contribution in [0.15, 0.2) is 54.6 Å². The lowest BCUT2D eigenvalue weighted by Gasteiger charge is -2.20. The zero-order chi connectivity index (χ0) is 17.2. The third-order valence-corrected chi connectivity index (χ3v) is 5.60. The number of hydrogen-bond acceptors (Lipinski definition) is 4. The second kappa shape index (κ2) is 6.87. The van der Waals surface area contributed by atoms with E-state index in [-0.39, 0.29) is 10.1 Å². The van der Waals surface area contributed by atoms with E-state index in [1.54, 1.807) is 11.8 Å². The number of carboxylic acids is 1. The highest BCUT2D eigenvalue weighted by Crippen LogP contribution is 2.45. The number of nitrogens with one attached hydrogen (secondary N) is 1. The normalized spacial score (nSPS) is 22.2. The van der Waals surface area contributed by atoms with Crippen LogP contribution in [0.1, 0.15) is 30.3 Å². The molecule has 0 saturated carbocycles. The molecule has 5 heteroatoms. The van der Waals surface area contributed by atoms with Gasteiger partial charge < -0.3 is 9.84 Å². The van der Waals surface area contributed by atoms with E-state index in [2.05, 4.69) is 5.32 Å². The standard InChI is InChI=1S/C19H21NO3S/c1-19(2)16(18(21)22)20-17(24-19)14-8-10-15(11-9-14)23-12-13-6-4-3-5-7-13/h3-11,16-17,20H,12H2,1-2H3,(H,21,22). The first kappa shape index (κ1) is 16.9. The number of carboxylic acid groups (broad SMARTS) is 1. The van der Waals surface area contributed by atoms with Crippen LogP contribution in [0.25, 0.3) is 0 Å². The summed E-state index contributed by atoms with van der Waals surface area (Å²) in [7, 11) is 0. The van der Waals surface area contributed by atoms with E-state index >= 15 is 0 Å². The molecule has 24 heavy (non-hydrogen) atoms. The van der Waals surface area contributed by atoms with E-state index in [1.807, 2.05) is 68.4 Å². The molecular weight excluding hydrogens is 322 g/mol. The number of carbonyl (C=O) groups is 1. The van der Waals surface area contributed by atoms with Gasteiger partial charge in [0.05, 0.1) is 5.37 Å². The second-order valence-corrected chi connectivity index (χ2v) is 8.14. The predicted molar refractivity (Wildman–Crippen MR) is 96.2 cm³/mol. The van der Waals surface area contributed by atoms with Crippen LogP contribution in [0.3, 0.4) is 0 Å². The molecule has 0 spiro atoms. The highest BCUT2D eigenvalue weighted by Gasteiger charge is 2.45. The molecule has 0 radical (unpaired) electrons. The minimum absolute atomic E-state index is 0.0238. The van der Waals surface area contributed by atoms with Crippen LogP contribution in [0, 0.1) is 0 Å². The predicted octanol–water partition coefficient (Wildman–Crippen LogP) is 3.83. The minimum Gasteiger partial charge on any atom is -0.489 e. The molecule has 4 nitrogen and oxygen atoms in total. The number of aliphatic carboxylic acids is 1. The second-order valence-electron chi connectivity index (χ2n) is 6.38. The molecule has 1 saturated heterocycles. The number of benzene rings is 2. The molecule has 1 heterocycles. The van der Waals surface area contributed by atoms with Crippen molar-refractivity contribution in [3.05, 3.63) is 65.7 Å². The molecule has 3 rings (SSSR count). The summed E-state index contributed by atoms with van der Waals surface area (Å²) < 4.78 is 5.44. The van der Waals surface area contributed by atoms with Gasteiger partial charge in [0.2, 0.25) is 0 Å². The Hall–Kier alpha value is -1.98. The summed E-state index contributed by atoms with van der Waals surface area (Å²) in [6.07, 6.45) is 0. The van der Waals surface area contributed by atoms with Crippen molar-refractivity contribution in [1.82, 2.24) is 5.32 Å². The lowest BCUT2D eigenvalue weighted by molar-refractivity contribution is -0.139. The summed E-state index contributed by atoms with van der Waals surface area (Å²) in [6.45, 7) is 4.45. The fraction of sp³-hybridized carbons (Fsp3) is 0.316. The van der Waals surface area contributed by atoms with Gasteiger partial charge in [-0.25, -0.2) is 0 Å². The number of hydrogen-bond donors (Lipinski definition) is 2. The Balaban J connectivity index is 1.64. The van der Waals surface area contributed by atoms with Crippen LogP contribution in [0.4, 0.5) is 0 Å². The van der Waals surface area contributed by atoms with E-state index < -0.39 is 12.0 Å². The summed E-state index contributed by atoms with van der Waals surface area (Å²) in [4.78, 5) is 11.4. The number of rotatable bonds is 5. The topological polar surface area (TPSA) is 58.6 Å². The maximum atomic E-state index is 11.4. The van der Waals surface area contributed by atoms with Gasteiger partial charge in [0.1, 0.15) is 18.4 Å². The third kappa shape index (κ3) is 3.74. The third-order valence-electron chi connectivity index (χ3n) is 4.11. The summed E-state index contributed by atoms with van der Waals surface area (Å²) in [6, 6.07) is 17.3. The van der Waals surface area contributed by atoms with Crippen LogP contribution in [0.2, 0.25) is 0 Å². The number of ether oxygens (including phenoxy) is 1. The van der Waals surface area contributed by atoms with Crippen molar-refractivity contribution in [3.63, 3.8) is 0 Å². The van der Waals surface area contributed by atoms with Crippen molar-refractivity contribution in [2.24, 2.45) is 0 Å². The monoisotopic (exact) mass is 343 g/mol. The van der Waals surface area contributed by atoms with Crippen molar-refractivity contribution in [2.75, 3.05) is 0 Å². The Morgan fingerprint density at radius 3 is 2.42 bits per heavy atom. The van der Waals surface area contributed by atoms with Gasteiger partial charge in [-0.15, -0.1) is 11.8 Å². The van der Waals surface area contributed by atoms with E-state index in [0.29, 0.717) is 6.61 Å². The lowest BCUT2D eigenvalue weighted by Crippen LogP contribution is -2.43. The first-order valence-electron chi connectivity index (χ1n) is 7.89. The Bertz CT molecular complexity index is 700. The number of thioether (sulfide) groups is 1. The highest BCUT2D eigenvalue weighted by molar-refractivity contribution is 8.01. The van der Waals surface area contributed by atoms with E-state index in [9.17, 15) is 9.90 Å². The molecule has 0 bridgehead atoms. The van der Waals surface area contributed by atoms with Gasteiger partial charge in [-0.1, -0.05) is 42.5 Å². The van der Waals surface area contributed by atoms with Gasteiger partial charge in [0.15, 0.2) is 0 Å². The van der Waals surface area contributed by atoms with Crippen molar-refractivity contribution in [2.45, 2.75) is 36.6 Å². The molecule has 0 amide bonds. The average molecular weight is 343 g/mol. The summed E-state index contributed by atoms with van der Waals surface area (Å²) in [5, 5.41) is 12.5. The minimum atomic E-state index is -0.808. The molecule has 2 aromatic carbocycles. The molecule has 126 valence electrons. The van der Waals surface area contributed by atoms with E-state index in [1.165, 1.54) is 0 Å². The average Bonchev–Trinajstić information content (AvgIpc) is 2.90. The molecule has 1 aliphatic rings. The first-order valence-corrected chi connectivity index (χ1v) is 8.77. The van der Waals surface area contributed by atoms with Gasteiger partial charge in [-0.05, 0) is 37.1 Å². The maximum absolute atomic E-state index is 11.4. The zero-order valence-electron chi connectivity index (χ0n) is 13.7. The van der Waals surface area contributed by atoms with Crippen molar-refractivity contribution >= 4 is 17.7 Å². The van der Waals surface area contributed by atoms with Crippen molar-refractivity contribution in [1.29, 1.82) is 0 Å². The Kier molecular flexibility index (Phi) is 4.83. The molecule has 1 aliphatic heterocycles. The molecule has 2 atom stereocenters. The van der Waals surface area contributed by atoms with Gasteiger partial charge in [-0.2, -0.15) is 0 Å². The van der Waals surface area contributed by atoms with Crippen LogP contribution in [0.5, 0.6) is 5.75 Å². The molecule has 1 fully saturated rings. The first-order chi connectivity index (χ1) is 11.5. The van der Waals surface area contributed by atoms with Crippen molar-refractivity contribution in [3.8, 4) is 5.75 Å². The van der Waals surface area contributed by atoms with Gasteiger partial charge in [-0.3, -0.25) is 10.1 Å². The Morgan fingerprint density at radius 2 is 1.83 bits per heavy atom. The highest BCUT2D eigenvalue weighted by atomic mass is 32.2. The molecule has 2 unspecified atom stereocenters. The molecule has 2 N–H and O–H groups in total. The van der Waals surface area contributed by atoms with Crippen molar-refractivity contribution < 1.29 is 14.6 Å². The largest absolute Gasteiger partial charge is 0.489 e. The summed E-state index contributed by atoms with van der Waals surface area (Å²) in [5.41, 5.74) is 2.18. The van der Waals surface area contributed by atoms with Crippen LogP contribution >= 0.6 is 11.8 Å². The van der Waals surface area contributed by atoms with E-state index in [0.717, 1.165) is 16.9 Å². The summed E-state index contributed by atoms with van der Waals surface area (Å²) >= 11 is 1.64. The quantitative estimate of drug-likeness (QED) is 0.864. The van der Waals surface area contributed by atoms with Crippen LogP contribution in [-0.2, 0) is 11.4 Å². The molecule has 2 aromatic rings.